The lowest BCUT2D eigenvalue weighted by atomic mass is 9.91. The van der Waals surface area contributed by atoms with Crippen molar-refractivity contribution in [2.45, 2.75) is 25.3 Å². The number of piperidine rings is 1. The molecule has 1 heterocycles. The molecule has 6 heteroatoms. The van der Waals surface area contributed by atoms with Gasteiger partial charge in [0.05, 0.1) is 6.54 Å². The fourth-order valence-electron chi connectivity index (χ4n) is 2.46. The lowest BCUT2D eigenvalue weighted by Crippen LogP contribution is -2.51. The van der Waals surface area contributed by atoms with Gasteiger partial charge in [-0.1, -0.05) is 0 Å². The minimum Gasteiger partial charge on any atom is -0.396 e. The van der Waals surface area contributed by atoms with Gasteiger partial charge >= 0.3 is 0 Å². The smallest absolute Gasteiger partial charge is 0.250 e. The number of nitrogens with zero attached hydrogens (tertiary/aromatic N) is 1. The zero-order valence-corrected chi connectivity index (χ0v) is 10.1. The number of hydrogen-bond acceptors (Lipinski definition) is 4. The first kappa shape index (κ1) is 14.8. The van der Waals surface area contributed by atoms with Crippen molar-refractivity contribution in [3.05, 3.63) is 0 Å². The van der Waals surface area contributed by atoms with Gasteiger partial charge in [0, 0.05) is 38.8 Å². The van der Waals surface area contributed by atoms with Crippen LogP contribution >= 0.6 is 0 Å². The van der Waals surface area contributed by atoms with Crippen LogP contribution in [0.5, 0.6) is 0 Å². The molecule has 0 saturated carbocycles. The quantitative estimate of drug-likeness (QED) is 0.590. The maximum Gasteiger partial charge on any atom is 0.250 e. The molecule has 0 aromatic carbocycles. The molecule has 0 spiro atoms. The Labute approximate surface area is 101 Å². The highest BCUT2D eigenvalue weighted by molar-refractivity contribution is 4.83. The van der Waals surface area contributed by atoms with Crippen LogP contribution in [0.1, 0.15) is 12.8 Å². The molecule has 17 heavy (non-hydrogen) atoms. The molecule has 0 aromatic heterocycles. The number of nitrogens with two attached hydrogens (primary N) is 1. The second kappa shape index (κ2) is 7.92. The summed E-state index contributed by atoms with van der Waals surface area (Å²) in [6, 6.07) is 0.0841. The van der Waals surface area contributed by atoms with Gasteiger partial charge in [0.1, 0.15) is 0 Å². The summed E-state index contributed by atoms with van der Waals surface area (Å²) in [4.78, 5) is 2.19. The van der Waals surface area contributed by atoms with Crippen LogP contribution in [0.15, 0.2) is 0 Å². The molecule has 0 amide bonds. The van der Waals surface area contributed by atoms with E-state index in [1.165, 1.54) is 0 Å². The number of aliphatic hydroxyl groups excluding tert-OH is 1. The van der Waals surface area contributed by atoms with Crippen LogP contribution in [0.25, 0.3) is 0 Å². The molecular formula is C11H23F2N3O. The van der Waals surface area contributed by atoms with E-state index < -0.39 is 6.43 Å². The highest BCUT2D eigenvalue weighted by Gasteiger charge is 2.26. The normalized spacial score (nSPS) is 26.6. The molecule has 0 bridgehead atoms. The maximum atomic E-state index is 12.1. The molecule has 1 rings (SSSR count). The van der Waals surface area contributed by atoms with Crippen LogP contribution in [0.2, 0.25) is 0 Å². The van der Waals surface area contributed by atoms with E-state index in [-0.39, 0.29) is 19.2 Å². The summed E-state index contributed by atoms with van der Waals surface area (Å²) >= 11 is 0. The predicted octanol–water partition coefficient (Wildman–Crippen LogP) is -0.127. The lowest BCUT2D eigenvalue weighted by Gasteiger charge is -2.38. The summed E-state index contributed by atoms with van der Waals surface area (Å²) in [5, 5.41) is 11.8. The van der Waals surface area contributed by atoms with E-state index in [2.05, 4.69) is 10.2 Å². The van der Waals surface area contributed by atoms with Crippen molar-refractivity contribution in [1.82, 2.24) is 10.2 Å². The number of rotatable bonds is 7. The summed E-state index contributed by atoms with van der Waals surface area (Å²) in [6.45, 7) is 2.94. The van der Waals surface area contributed by atoms with Crippen molar-refractivity contribution < 1.29 is 13.9 Å². The summed E-state index contributed by atoms with van der Waals surface area (Å²) in [5.74, 6) is 0.371. The Morgan fingerprint density at radius 2 is 2.18 bits per heavy atom. The Kier molecular flexibility index (Phi) is 6.87. The van der Waals surface area contributed by atoms with Crippen molar-refractivity contribution >= 4 is 0 Å². The second-order valence-electron chi connectivity index (χ2n) is 4.66. The second-order valence-corrected chi connectivity index (χ2v) is 4.66. The fraction of sp³-hybridized carbons (Fsp3) is 1.00. The van der Waals surface area contributed by atoms with Gasteiger partial charge in [-0.05, 0) is 18.8 Å². The molecule has 1 aliphatic rings. The minimum absolute atomic E-state index is 0.0841. The monoisotopic (exact) mass is 251 g/mol. The number of likely N-dealkylation sites (tertiary alicyclic amines) is 1. The van der Waals surface area contributed by atoms with Gasteiger partial charge in [-0.2, -0.15) is 0 Å². The van der Waals surface area contributed by atoms with Crippen LogP contribution in [-0.4, -0.2) is 61.8 Å². The summed E-state index contributed by atoms with van der Waals surface area (Å²) in [7, 11) is 0. The van der Waals surface area contributed by atoms with E-state index in [1.54, 1.807) is 0 Å². The Morgan fingerprint density at radius 3 is 2.76 bits per heavy atom. The van der Waals surface area contributed by atoms with Gasteiger partial charge in [0.25, 0.3) is 6.43 Å². The van der Waals surface area contributed by atoms with Gasteiger partial charge in [0.15, 0.2) is 0 Å². The molecule has 4 N–H and O–H groups in total. The Balaban J connectivity index is 2.40. The molecule has 102 valence electrons. The molecule has 0 aromatic rings. The summed E-state index contributed by atoms with van der Waals surface area (Å²) in [5.41, 5.74) is 5.51. The van der Waals surface area contributed by atoms with Gasteiger partial charge in [0.2, 0.25) is 0 Å². The molecule has 2 atom stereocenters. The van der Waals surface area contributed by atoms with E-state index in [1.807, 2.05) is 0 Å². The highest BCUT2D eigenvalue weighted by Crippen LogP contribution is 2.19. The SMILES string of the molecule is NCCN1CC(CCO)CC(NCC(F)F)C1. The van der Waals surface area contributed by atoms with E-state index in [9.17, 15) is 8.78 Å². The minimum atomic E-state index is -2.31. The molecule has 1 aliphatic heterocycles. The molecule has 0 radical (unpaired) electrons. The van der Waals surface area contributed by atoms with E-state index in [0.717, 1.165) is 32.5 Å². The third kappa shape index (κ3) is 5.72. The van der Waals surface area contributed by atoms with Crippen molar-refractivity contribution in [3.8, 4) is 0 Å². The van der Waals surface area contributed by atoms with E-state index in [0.29, 0.717) is 12.5 Å². The largest absolute Gasteiger partial charge is 0.396 e. The van der Waals surface area contributed by atoms with Gasteiger partial charge < -0.3 is 21.1 Å². The zero-order chi connectivity index (χ0) is 12.7. The van der Waals surface area contributed by atoms with Crippen molar-refractivity contribution in [3.63, 3.8) is 0 Å². The average molecular weight is 251 g/mol. The summed E-state index contributed by atoms with van der Waals surface area (Å²) < 4.78 is 24.3. The van der Waals surface area contributed by atoms with Crippen molar-refractivity contribution in [2.24, 2.45) is 11.7 Å². The van der Waals surface area contributed by atoms with Gasteiger partial charge in [-0.15, -0.1) is 0 Å². The predicted molar refractivity (Wildman–Crippen MR) is 63.1 cm³/mol. The van der Waals surface area contributed by atoms with Gasteiger partial charge in [-0.25, -0.2) is 8.78 Å². The van der Waals surface area contributed by atoms with Crippen LogP contribution in [0, 0.1) is 5.92 Å². The van der Waals surface area contributed by atoms with Gasteiger partial charge in [-0.3, -0.25) is 0 Å². The Bertz CT molecular complexity index is 193. The van der Waals surface area contributed by atoms with E-state index in [4.69, 9.17) is 10.8 Å². The lowest BCUT2D eigenvalue weighted by molar-refractivity contribution is 0.101. The molecular weight excluding hydrogens is 228 g/mol. The molecule has 0 aliphatic carbocycles. The number of nitrogens with one attached hydrogen (secondary N) is 1. The molecule has 1 saturated heterocycles. The topological polar surface area (TPSA) is 61.5 Å². The van der Waals surface area contributed by atoms with E-state index >= 15 is 0 Å². The number of alkyl halides is 2. The highest BCUT2D eigenvalue weighted by atomic mass is 19.3. The Morgan fingerprint density at radius 1 is 1.41 bits per heavy atom. The maximum absolute atomic E-state index is 12.1. The van der Waals surface area contributed by atoms with Crippen LogP contribution in [0.4, 0.5) is 8.78 Å². The van der Waals surface area contributed by atoms with Crippen molar-refractivity contribution in [2.75, 3.05) is 39.3 Å². The third-order valence-electron chi connectivity index (χ3n) is 3.16. The Hall–Kier alpha value is -0.300. The van der Waals surface area contributed by atoms with Crippen LogP contribution < -0.4 is 11.1 Å². The fourth-order valence-corrected chi connectivity index (χ4v) is 2.46. The van der Waals surface area contributed by atoms with Crippen molar-refractivity contribution in [1.29, 1.82) is 0 Å². The summed E-state index contributed by atoms with van der Waals surface area (Å²) in [6.07, 6.45) is -0.723. The first-order chi connectivity index (χ1) is 8.15. The zero-order valence-electron chi connectivity index (χ0n) is 10.1. The molecule has 1 fully saturated rings. The number of aliphatic hydroxyl groups is 1. The first-order valence-electron chi connectivity index (χ1n) is 6.20. The first-order valence-corrected chi connectivity index (χ1v) is 6.20. The third-order valence-corrected chi connectivity index (χ3v) is 3.16. The number of halogens is 2. The van der Waals surface area contributed by atoms with Crippen LogP contribution in [0.3, 0.4) is 0 Å². The van der Waals surface area contributed by atoms with Crippen LogP contribution in [-0.2, 0) is 0 Å². The molecule has 4 nitrogen and oxygen atoms in total. The average Bonchev–Trinajstić information content (AvgIpc) is 2.27. The number of hydrogen-bond donors (Lipinski definition) is 3. The standard InChI is InChI=1S/C11H23F2N3O/c12-11(13)6-15-10-5-9(1-4-17)7-16(8-10)3-2-14/h9-11,15,17H,1-8,14H2. The molecule has 2 unspecified atom stereocenters.